The lowest BCUT2D eigenvalue weighted by Gasteiger charge is -2.19. The molecule has 0 aliphatic carbocycles. The Labute approximate surface area is 99.1 Å². The molecule has 2 atom stereocenters. The van der Waals surface area contributed by atoms with E-state index in [0.29, 0.717) is 0 Å². The van der Waals surface area contributed by atoms with Crippen LogP contribution >= 0.6 is 23.1 Å². The van der Waals surface area contributed by atoms with Gasteiger partial charge in [0, 0.05) is 11.8 Å². The number of rotatable bonds is 3. The summed E-state index contributed by atoms with van der Waals surface area (Å²) in [5.74, 6) is 3.41. The number of thioether (sulfide) groups is 1. The molecule has 1 aliphatic heterocycles. The summed E-state index contributed by atoms with van der Waals surface area (Å²) in [5.41, 5.74) is 0.832. The zero-order chi connectivity index (χ0) is 10.7. The molecule has 0 amide bonds. The third kappa shape index (κ3) is 3.20. The first-order valence-corrected chi connectivity index (χ1v) is 7.49. The van der Waals surface area contributed by atoms with Crippen LogP contribution in [0.2, 0.25) is 0 Å². The molecule has 84 valence electrons. The minimum atomic E-state index is -0.421. The maximum atomic E-state index is 9.38. The van der Waals surface area contributed by atoms with E-state index >= 15 is 0 Å². The Morgan fingerprint density at radius 1 is 1.67 bits per heavy atom. The number of hydrogen-bond acceptors (Lipinski definition) is 4. The molecule has 1 aromatic rings. The van der Waals surface area contributed by atoms with Crippen molar-refractivity contribution in [2.24, 2.45) is 5.92 Å². The van der Waals surface area contributed by atoms with Gasteiger partial charge in [0.15, 0.2) is 0 Å². The lowest BCUT2D eigenvalue weighted by atomic mass is 10.0. The number of hydrogen-bond donors (Lipinski definition) is 1. The summed E-state index contributed by atoms with van der Waals surface area (Å²) in [4.78, 5) is 4.46. The number of thiazole rings is 1. The zero-order valence-corrected chi connectivity index (χ0v) is 10.6. The summed E-state index contributed by atoms with van der Waals surface area (Å²) in [7, 11) is 0. The van der Waals surface area contributed by atoms with E-state index in [1.807, 2.05) is 5.38 Å². The van der Waals surface area contributed by atoms with Gasteiger partial charge in [-0.2, -0.15) is 11.8 Å². The highest BCUT2D eigenvalue weighted by atomic mass is 32.2. The molecule has 0 spiro atoms. The van der Waals surface area contributed by atoms with Crippen LogP contribution in [0.15, 0.2) is 5.38 Å². The molecule has 1 saturated heterocycles. The van der Waals surface area contributed by atoms with Gasteiger partial charge in [-0.25, -0.2) is 4.98 Å². The SMILES string of the molecule is CC(O)c1csc(CC2CCCSC2)n1. The van der Waals surface area contributed by atoms with Gasteiger partial charge in [-0.1, -0.05) is 0 Å². The minimum absolute atomic E-state index is 0.421. The topological polar surface area (TPSA) is 33.1 Å². The first-order chi connectivity index (χ1) is 7.25. The highest BCUT2D eigenvalue weighted by molar-refractivity contribution is 7.99. The molecule has 1 fully saturated rings. The van der Waals surface area contributed by atoms with E-state index in [-0.39, 0.29) is 0 Å². The van der Waals surface area contributed by atoms with Crippen molar-refractivity contribution in [2.45, 2.75) is 32.3 Å². The quantitative estimate of drug-likeness (QED) is 0.886. The van der Waals surface area contributed by atoms with Crippen molar-refractivity contribution in [2.75, 3.05) is 11.5 Å². The summed E-state index contributed by atoms with van der Waals surface area (Å²) in [5, 5.41) is 12.6. The lowest BCUT2D eigenvalue weighted by molar-refractivity contribution is 0.195. The lowest BCUT2D eigenvalue weighted by Crippen LogP contribution is -2.13. The molecule has 2 rings (SSSR count). The molecule has 1 aromatic heterocycles. The number of aliphatic hydroxyl groups is 1. The monoisotopic (exact) mass is 243 g/mol. The standard InChI is InChI=1S/C11H17NOS2/c1-8(13)10-7-15-11(12-10)5-9-3-2-4-14-6-9/h7-9,13H,2-6H2,1H3. The van der Waals surface area contributed by atoms with Gasteiger partial charge in [-0.3, -0.25) is 0 Å². The molecule has 2 heterocycles. The summed E-state index contributed by atoms with van der Waals surface area (Å²) in [6.07, 6.45) is 3.38. The molecular formula is C11H17NOS2. The fourth-order valence-electron chi connectivity index (χ4n) is 1.83. The summed E-state index contributed by atoms with van der Waals surface area (Å²) >= 11 is 3.75. The van der Waals surface area contributed by atoms with Gasteiger partial charge in [-0.15, -0.1) is 11.3 Å². The molecule has 0 aromatic carbocycles. The second-order valence-electron chi connectivity index (χ2n) is 4.13. The number of aliphatic hydroxyl groups excluding tert-OH is 1. The Bertz CT molecular complexity index is 305. The Balaban J connectivity index is 1.91. The van der Waals surface area contributed by atoms with Crippen LogP contribution in [0.5, 0.6) is 0 Å². The van der Waals surface area contributed by atoms with Crippen molar-refractivity contribution in [1.29, 1.82) is 0 Å². The highest BCUT2D eigenvalue weighted by Crippen LogP contribution is 2.27. The fraction of sp³-hybridized carbons (Fsp3) is 0.727. The van der Waals surface area contributed by atoms with E-state index < -0.39 is 6.10 Å². The maximum absolute atomic E-state index is 9.38. The molecule has 15 heavy (non-hydrogen) atoms. The van der Waals surface area contributed by atoms with Crippen molar-refractivity contribution in [3.8, 4) is 0 Å². The molecule has 2 nitrogen and oxygen atoms in total. The van der Waals surface area contributed by atoms with Crippen LogP contribution in [0.3, 0.4) is 0 Å². The van der Waals surface area contributed by atoms with Crippen LogP contribution in [0.4, 0.5) is 0 Å². The van der Waals surface area contributed by atoms with Crippen molar-refractivity contribution in [1.82, 2.24) is 4.98 Å². The van der Waals surface area contributed by atoms with Gasteiger partial charge in [0.25, 0.3) is 0 Å². The van der Waals surface area contributed by atoms with E-state index in [1.165, 1.54) is 29.4 Å². The van der Waals surface area contributed by atoms with Gasteiger partial charge in [0.2, 0.25) is 0 Å². The van der Waals surface area contributed by atoms with Crippen molar-refractivity contribution >= 4 is 23.1 Å². The van der Waals surface area contributed by atoms with Gasteiger partial charge < -0.3 is 5.11 Å². The molecule has 4 heteroatoms. The average molecular weight is 243 g/mol. The average Bonchev–Trinajstić information content (AvgIpc) is 2.68. The highest BCUT2D eigenvalue weighted by Gasteiger charge is 2.16. The maximum Gasteiger partial charge on any atom is 0.0940 e. The van der Waals surface area contributed by atoms with Crippen LogP contribution in [0.25, 0.3) is 0 Å². The third-order valence-electron chi connectivity index (χ3n) is 2.72. The van der Waals surface area contributed by atoms with E-state index in [0.717, 1.165) is 18.0 Å². The van der Waals surface area contributed by atoms with E-state index in [4.69, 9.17) is 0 Å². The first kappa shape index (κ1) is 11.4. The number of aromatic nitrogens is 1. The Morgan fingerprint density at radius 3 is 3.13 bits per heavy atom. The largest absolute Gasteiger partial charge is 0.387 e. The van der Waals surface area contributed by atoms with Crippen molar-refractivity contribution in [3.63, 3.8) is 0 Å². The van der Waals surface area contributed by atoms with Crippen LogP contribution in [-0.2, 0) is 6.42 Å². The number of nitrogens with zero attached hydrogens (tertiary/aromatic N) is 1. The first-order valence-electron chi connectivity index (χ1n) is 5.46. The zero-order valence-electron chi connectivity index (χ0n) is 8.98. The summed E-state index contributed by atoms with van der Waals surface area (Å²) in [6, 6.07) is 0. The van der Waals surface area contributed by atoms with E-state index in [9.17, 15) is 5.11 Å². The molecular weight excluding hydrogens is 226 g/mol. The molecule has 0 bridgehead atoms. The van der Waals surface area contributed by atoms with Gasteiger partial charge in [-0.05, 0) is 37.2 Å². The van der Waals surface area contributed by atoms with Crippen LogP contribution in [0, 0.1) is 5.92 Å². The minimum Gasteiger partial charge on any atom is -0.387 e. The second-order valence-corrected chi connectivity index (χ2v) is 6.22. The Hall–Kier alpha value is -0.0600. The predicted molar refractivity (Wildman–Crippen MR) is 66.5 cm³/mol. The van der Waals surface area contributed by atoms with Gasteiger partial charge in [0.05, 0.1) is 16.8 Å². The van der Waals surface area contributed by atoms with Crippen molar-refractivity contribution in [3.05, 3.63) is 16.1 Å². The van der Waals surface area contributed by atoms with E-state index in [1.54, 1.807) is 18.3 Å². The molecule has 0 radical (unpaired) electrons. The summed E-state index contributed by atoms with van der Waals surface area (Å²) in [6.45, 7) is 1.77. The van der Waals surface area contributed by atoms with Gasteiger partial charge in [0.1, 0.15) is 0 Å². The van der Waals surface area contributed by atoms with Crippen LogP contribution in [-0.4, -0.2) is 21.6 Å². The van der Waals surface area contributed by atoms with E-state index in [2.05, 4.69) is 16.7 Å². The predicted octanol–water partition coefficient (Wildman–Crippen LogP) is 2.88. The Morgan fingerprint density at radius 2 is 2.53 bits per heavy atom. The normalized spacial score (nSPS) is 24.0. The fourth-order valence-corrected chi connectivity index (χ4v) is 3.98. The molecule has 1 N–H and O–H groups in total. The third-order valence-corrected chi connectivity index (χ3v) is 4.89. The van der Waals surface area contributed by atoms with Gasteiger partial charge >= 0.3 is 0 Å². The Kier molecular flexibility index (Phi) is 4.05. The van der Waals surface area contributed by atoms with Crippen LogP contribution < -0.4 is 0 Å². The molecule has 1 aliphatic rings. The van der Waals surface area contributed by atoms with Crippen molar-refractivity contribution < 1.29 is 5.11 Å². The van der Waals surface area contributed by atoms with Crippen LogP contribution in [0.1, 0.15) is 36.6 Å². The molecule has 0 saturated carbocycles. The molecule has 2 unspecified atom stereocenters. The second kappa shape index (κ2) is 5.32. The smallest absolute Gasteiger partial charge is 0.0940 e. The summed E-state index contributed by atoms with van der Waals surface area (Å²) < 4.78 is 0.